The molecule has 1 aromatic rings. The summed E-state index contributed by atoms with van der Waals surface area (Å²) in [6.07, 6.45) is 1.80. The Labute approximate surface area is 160 Å². The van der Waals surface area contributed by atoms with Crippen LogP contribution in [0.1, 0.15) is 13.7 Å². The Kier molecular flexibility index (Phi) is 6.90. The molecule has 0 saturated heterocycles. The first kappa shape index (κ1) is 17.4. The largest absolute Gasteiger partial charge is 1.00 e. The van der Waals surface area contributed by atoms with E-state index in [0.29, 0.717) is 24.9 Å². The van der Waals surface area contributed by atoms with Gasteiger partial charge in [0.25, 0.3) is 0 Å². The number of aryl methyl sites for hydroxylation is 1. The third-order valence-corrected chi connectivity index (χ3v) is 2.68. The van der Waals surface area contributed by atoms with Crippen molar-refractivity contribution in [3.05, 3.63) is 29.9 Å². The fourth-order valence-corrected chi connectivity index (χ4v) is 1.73. The topological polar surface area (TPSA) is 88.7 Å². The minimum Gasteiger partial charge on any atom is -1.00 e. The van der Waals surface area contributed by atoms with Gasteiger partial charge >= 0.3 is 63.4 Å². The Morgan fingerprint density at radius 3 is 3.00 bits per heavy atom. The number of nitrogens with zero attached hydrogens (tertiary/aromatic N) is 3. The van der Waals surface area contributed by atoms with Crippen LogP contribution in [-0.4, -0.2) is 41.0 Å². The van der Waals surface area contributed by atoms with Crippen LogP contribution in [0.5, 0.6) is 0 Å². The fraction of sp³-hybridized carbons (Fsp3) is 0.417. The molecule has 0 unspecified atom stereocenters. The number of ether oxygens (including phenoxy) is 1. The summed E-state index contributed by atoms with van der Waals surface area (Å²) < 4.78 is 10.2. The number of carbonyl (C=O) groups excluding carboxylic acids is 1. The van der Waals surface area contributed by atoms with Crippen molar-refractivity contribution in [2.75, 3.05) is 24.6 Å². The second kappa shape index (κ2) is 7.94. The van der Waals surface area contributed by atoms with E-state index in [1.165, 1.54) is 6.08 Å². The maximum atomic E-state index is 11.8. The number of aliphatic hydroxyl groups excluding tert-OH is 1. The van der Waals surface area contributed by atoms with E-state index in [4.69, 9.17) is 9.15 Å². The van der Waals surface area contributed by atoms with Gasteiger partial charge in [-0.25, -0.2) is 4.79 Å². The SMILES string of the molecule is C=CCOC(=O)C1=C(O)CCN(c2nnc(C)o2)C1.[H-].[K+]. The van der Waals surface area contributed by atoms with Crippen molar-refractivity contribution in [2.45, 2.75) is 13.3 Å². The normalized spacial score (nSPS) is 14.8. The van der Waals surface area contributed by atoms with Crippen LogP contribution in [0.25, 0.3) is 0 Å². The first-order valence-electron chi connectivity index (χ1n) is 5.86. The van der Waals surface area contributed by atoms with E-state index in [1.54, 1.807) is 11.8 Å². The molecule has 104 valence electrons. The number of hydrogen-bond donors (Lipinski definition) is 1. The summed E-state index contributed by atoms with van der Waals surface area (Å²) in [5.74, 6) is -0.0653. The number of hydrogen-bond acceptors (Lipinski definition) is 7. The molecule has 1 aliphatic heterocycles. The quantitative estimate of drug-likeness (QED) is 0.401. The van der Waals surface area contributed by atoms with Gasteiger partial charge in [-0.3, -0.25) is 0 Å². The predicted molar refractivity (Wildman–Crippen MR) is 67.8 cm³/mol. The van der Waals surface area contributed by atoms with Gasteiger partial charge in [0, 0.05) is 19.9 Å². The molecule has 8 heteroatoms. The van der Waals surface area contributed by atoms with Crippen molar-refractivity contribution in [1.29, 1.82) is 0 Å². The first-order chi connectivity index (χ1) is 9.11. The van der Waals surface area contributed by atoms with Crippen LogP contribution in [-0.2, 0) is 9.53 Å². The summed E-state index contributed by atoms with van der Waals surface area (Å²) >= 11 is 0. The van der Waals surface area contributed by atoms with Gasteiger partial charge in [0.1, 0.15) is 12.4 Å². The molecular weight excluding hydrogens is 289 g/mol. The monoisotopic (exact) mass is 305 g/mol. The van der Waals surface area contributed by atoms with Crippen LogP contribution >= 0.6 is 0 Å². The molecule has 7 nitrogen and oxygen atoms in total. The van der Waals surface area contributed by atoms with Crippen LogP contribution in [0.4, 0.5) is 6.01 Å². The zero-order valence-corrected chi connectivity index (χ0v) is 14.7. The van der Waals surface area contributed by atoms with E-state index in [-0.39, 0.29) is 77.3 Å². The van der Waals surface area contributed by atoms with Crippen LogP contribution < -0.4 is 56.3 Å². The van der Waals surface area contributed by atoms with Crippen molar-refractivity contribution in [2.24, 2.45) is 0 Å². The van der Waals surface area contributed by atoms with E-state index < -0.39 is 5.97 Å². The molecule has 0 aliphatic carbocycles. The molecule has 1 aromatic heterocycles. The molecule has 20 heavy (non-hydrogen) atoms. The maximum Gasteiger partial charge on any atom is 1.00 e. The van der Waals surface area contributed by atoms with Gasteiger partial charge in [0.15, 0.2) is 0 Å². The Bertz CT molecular complexity index is 532. The van der Waals surface area contributed by atoms with Gasteiger partial charge in [-0.1, -0.05) is 17.8 Å². The Hall–Kier alpha value is -0.674. The number of aromatic nitrogens is 2. The van der Waals surface area contributed by atoms with Crippen molar-refractivity contribution in [3.63, 3.8) is 0 Å². The Balaban J connectivity index is 0.00000200. The summed E-state index contributed by atoms with van der Waals surface area (Å²) in [4.78, 5) is 13.5. The van der Waals surface area contributed by atoms with Gasteiger partial charge in [0.2, 0.25) is 5.89 Å². The van der Waals surface area contributed by atoms with Gasteiger partial charge in [-0.2, -0.15) is 0 Å². The van der Waals surface area contributed by atoms with Crippen molar-refractivity contribution >= 4 is 12.0 Å². The van der Waals surface area contributed by atoms with E-state index in [1.807, 2.05) is 0 Å². The number of rotatable bonds is 4. The fourth-order valence-electron chi connectivity index (χ4n) is 1.73. The van der Waals surface area contributed by atoms with Crippen LogP contribution in [0.3, 0.4) is 0 Å². The molecule has 0 radical (unpaired) electrons. The molecule has 0 atom stereocenters. The molecule has 1 aliphatic rings. The average molecular weight is 305 g/mol. The Morgan fingerprint density at radius 2 is 2.40 bits per heavy atom. The first-order valence-corrected chi connectivity index (χ1v) is 5.86. The number of anilines is 1. The summed E-state index contributed by atoms with van der Waals surface area (Å²) in [7, 11) is 0. The number of carbonyl (C=O) groups is 1. The molecule has 0 fully saturated rings. The molecule has 0 amide bonds. The third-order valence-electron chi connectivity index (χ3n) is 2.68. The minimum atomic E-state index is -0.557. The van der Waals surface area contributed by atoms with Gasteiger partial charge in [-0.05, 0) is 0 Å². The van der Waals surface area contributed by atoms with Crippen molar-refractivity contribution in [3.8, 4) is 0 Å². The molecule has 0 aromatic carbocycles. The summed E-state index contributed by atoms with van der Waals surface area (Å²) in [6.45, 7) is 5.95. The molecule has 0 bridgehead atoms. The van der Waals surface area contributed by atoms with Crippen molar-refractivity contribution < 1.29 is 71.9 Å². The molecule has 1 N–H and O–H groups in total. The van der Waals surface area contributed by atoms with E-state index >= 15 is 0 Å². The summed E-state index contributed by atoms with van der Waals surface area (Å²) in [6, 6.07) is 0.332. The van der Waals surface area contributed by atoms with E-state index in [9.17, 15) is 9.90 Å². The standard InChI is InChI=1S/C12H15N3O4.K.H/c1-3-6-18-11(17)9-7-15(5-4-10(9)16)12-14-13-8(2)19-12;;/h3,16H,1,4-7H2,2H3;;/q;+1;-1. The second-order valence-electron chi connectivity index (χ2n) is 4.09. The molecule has 2 heterocycles. The van der Waals surface area contributed by atoms with Crippen LogP contribution in [0, 0.1) is 6.92 Å². The van der Waals surface area contributed by atoms with Gasteiger partial charge in [-0.15, -0.1) is 5.10 Å². The molecular formula is C12H16KN3O4. The van der Waals surface area contributed by atoms with Gasteiger partial charge in [0.05, 0.1) is 12.1 Å². The second-order valence-corrected chi connectivity index (χ2v) is 4.09. The smallest absolute Gasteiger partial charge is 1.00 e. The Morgan fingerprint density at radius 1 is 1.65 bits per heavy atom. The van der Waals surface area contributed by atoms with E-state index in [0.717, 1.165) is 0 Å². The van der Waals surface area contributed by atoms with Crippen LogP contribution in [0.15, 0.2) is 28.4 Å². The average Bonchev–Trinajstić information content (AvgIpc) is 2.83. The zero-order chi connectivity index (χ0) is 13.8. The maximum absolute atomic E-state index is 11.8. The summed E-state index contributed by atoms with van der Waals surface area (Å²) in [5, 5.41) is 17.4. The summed E-state index contributed by atoms with van der Waals surface area (Å²) in [5.41, 5.74) is 0.212. The van der Waals surface area contributed by atoms with Crippen molar-refractivity contribution in [1.82, 2.24) is 10.2 Å². The van der Waals surface area contributed by atoms with E-state index in [2.05, 4.69) is 16.8 Å². The third kappa shape index (κ3) is 4.16. The molecule has 0 spiro atoms. The number of esters is 1. The predicted octanol–water partition coefficient (Wildman–Crippen LogP) is -1.75. The minimum absolute atomic E-state index is 0. The zero-order valence-electron chi connectivity index (χ0n) is 12.6. The molecule has 0 saturated carbocycles. The van der Waals surface area contributed by atoms with Gasteiger partial charge < -0.3 is 20.6 Å². The molecule has 2 rings (SSSR count). The number of aliphatic hydroxyl groups is 1. The van der Waals surface area contributed by atoms with Crippen LogP contribution in [0.2, 0.25) is 0 Å².